The van der Waals surface area contributed by atoms with Crippen LogP contribution in [0.15, 0.2) is 143 Å². The number of fused-ring (bicyclic) bond motifs is 7. The molecule has 0 aliphatic carbocycles. The molecule has 194 valence electrons. The van der Waals surface area contributed by atoms with Crippen molar-refractivity contribution in [3.8, 4) is 44.9 Å². The van der Waals surface area contributed by atoms with Crippen LogP contribution in [-0.4, -0.2) is 9.97 Å². The largest absolute Gasteiger partial charge is 0.248 e. The summed E-state index contributed by atoms with van der Waals surface area (Å²) in [6.45, 7) is 0. The van der Waals surface area contributed by atoms with E-state index in [1.165, 1.54) is 0 Å². The molecule has 2 aliphatic heterocycles. The summed E-state index contributed by atoms with van der Waals surface area (Å²) >= 11 is 0. The van der Waals surface area contributed by atoms with E-state index in [0.29, 0.717) is 5.82 Å². The summed E-state index contributed by atoms with van der Waals surface area (Å²) in [5.41, 5.74) is 9.99. The molecule has 4 heteroatoms. The number of hydrogen-bond donors (Lipinski definition) is 0. The molecule has 42 heavy (non-hydrogen) atoms. The Morgan fingerprint density at radius 1 is 0.429 bits per heavy atom. The molecule has 3 heterocycles. The highest BCUT2D eigenvalue weighted by Crippen LogP contribution is 2.49. The van der Waals surface area contributed by atoms with E-state index >= 15 is 0 Å². The summed E-state index contributed by atoms with van der Waals surface area (Å²) in [6, 6.07) is 46.0. The summed E-state index contributed by atoms with van der Waals surface area (Å²) in [6.07, 6.45) is 0. The van der Waals surface area contributed by atoms with Gasteiger partial charge < -0.3 is 0 Å². The van der Waals surface area contributed by atoms with E-state index < -0.39 is 0 Å². The quantitative estimate of drug-likeness (QED) is 0.230. The lowest BCUT2D eigenvalue weighted by molar-refractivity contribution is 1.23. The van der Waals surface area contributed by atoms with E-state index in [1.54, 1.807) is 0 Å². The Bertz CT molecular complexity index is 2450. The fraction of sp³-hybridized carbons (Fsp3) is 0. The Labute approximate surface area is 241 Å². The third kappa shape index (κ3) is 3.36. The fourth-order valence-electron chi connectivity index (χ4n) is 6.34. The second kappa shape index (κ2) is 8.88. The number of aromatic nitrogens is 2. The van der Waals surface area contributed by atoms with Crippen molar-refractivity contribution in [2.45, 2.75) is 0 Å². The topological polar surface area (TPSA) is 50.5 Å². The van der Waals surface area contributed by atoms with E-state index in [2.05, 4.69) is 103 Å². The summed E-state index contributed by atoms with van der Waals surface area (Å²) in [4.78, 5) is 20.8. The Kier molecular flexibility index (Phi) is 4.87. The van der Waals surface area contributed by atoms with Crippen LogP contribution in [0, 0.1) is 10.4 Å². The van der Waals surface area contributed by atoms with Gasteiger partial charge in [-0.2, -0.15) is 0 Å². The second-order valence-electron chi connectivity index (χ2n) is 10.6. The van der Waals surface area contributed by atoms with Gasteiger partial charge in [-0.25, -0.2) is 20.0 Å². The zero-order valence-electron chi connectivity index (χ0n) is 22.5. The number of para-hydroxylation sites is 2. The van der Waals surface area contributed by atoms with Gasteiger partial charge in [-0.1, -0.05) is 103 Å². The molecule has 7 aromatic rings. The molecule has 0 spiro atoms. The van der Waals surface area contributed by atoms with Crippen LogP contribution in [0.4, 0.5) is 11.4 Å². The molecular weight excluding hydrogens is 512 g/mol. The smallest absolute Gasteiger partial charge is 0.161 e. The molecule has 0 amide bonds. The maximum atomic E-state index is 5.33. The van der Waals surface area contributed by atoms with Crippen molar-refractivity contribution in [3.05, 3.63) is 155 Å². The van der Waals surface area contributed by atoms with Crippen LogP contribution in [0.25, 0.3) is 55.8 Å². The molecule has 0 atom stereocenters. The summed E-state index contributed by atoms with van der Waals surface area (Å²) in [7, 11) is 0. The van der Waals surface area contributed by atoms with Crippen LogP contribution in [-0.2, 0) is 0 Å². The monoisotopic (exact) mass is 534 g/mol. The highest BCUT2D eigenvalue weighted by atomic mass is 14.9. The number of hydrogen-bond acceptors (Lipinski definition) is 4. The number of rotatable bonds is 3. The van der Waals surface area contributed by atoms with Crippen molar-refractivity contribution in [3.63, 3.8) is 0 Å². The standard InChI is InChI=1S/C38H22N4/c1-3-11-23(12-4-1)25-19-21-31-34(35-32(39-31)22-20-27-26-15-7-9-17-29(26)40-37(27)35)33(25)38-41-30-18-10-8-16-28(30)36(42-38)24-13-5-2-6-14-24/h1-22H. The minimum atomic E-state index is 0.680. The first kappa shape index (κ1) is 23.0. The molecule has 0 saturated heterocycles. The van der Waals surface area contributed by atoms with Crippen LogP contribution >= 0.6 is 0 Å². The van der Waals surface area contributed by atoms with Crippen LogP contribution in [0.5, 0.6) is 0 Å². The molecule has 0 N–H and O–H groups in total. The minimum absolute atomic E-state index is 0.680. The van der Waals surface area contributed by atoms with E-state index in [1.807, 2.05) is 30.3 Å². The minimum Gasteiger partial charge on any atom is -0.248 e. The molecule has 1 aromatic heterocycles. The Morgan fingerprint density at radius 3 is 2.02 bits per heavy atom. The number of nitrogens with zero attached hydrogens (tertiary/aromatic N) is 4. The Balaban J connectivity index is 1.42. The highest BCUT2D eigenvalue weighted by molar-refractivity contribution is 6.03. The van der Waals surface area contributed by atoms with Crippen LogP contribution in [0.1, 0.15) is 0 Å². The van der Waals surface area contributed by atoms with Gasteiger partial charge in [0.1, 0.15) is 0 Å². The van der Waals surface area contributed by atoms with Gasteiger partial charge in [0.05, 0.1) is 33.3 Å². The summed E-state index contributed by atoms with van der Waals surface area (Å²) in [5, 5.41) is 5.22. The third-order valence-corrected chi connectivity index (χ3v) is 8.22. The molecule has 0 fully saturated rings. The van der Waals surface area contributed by atoms with Crippen molar-refractivity contribution in [1.82, 2.24) is 9.97 Å². The molecule has 2 aliphatic rings. The fourth-order valence-corrected chi connectivity index (χ4v) is 6.34. The lowest BCUT2D eigenvalue weighted by atomic mass is 9.89. The van der Waals surface area contributed by atoms with Gasteiger partial charge in [-0.3, -0.25) is 0 Å². The van der Waals surface area contributed by atoms with Gasteiger partial charge in [-0.05, 0) is 41.5 Å². The highest BCUT2D eigenvalue weighted by Gasteiger charge is 2.28. The van der Waals surface area contributed by atoms with Gasteiger partial charge >= 0.3 is 0 Å². The van der Waals surface area contributed by atoms with E-state index in [9.17, 15) is 0 Å². The van der Waals surface area contributed by atoms with Crippen molar-refractivity contribution in [1.29, 1.82) is 0 Å². The van der Waals surface area contributed by atoms with Gasteiger partial charge in [0.25, 0.3) is 0 Å². The van der Waals surface area contributed by atoms with Crippen LogP contribution < -0.4 is 10.7 Å². The average Bonchev–Trinajstić information content (AvgIpc) is 3.63. The summed E-state index contributed by atoms with van der Waals surface area (Å²) in [5.74, 6) is 0.680. The van der Waals surface area contributed by atoms with Gasteiger partial charge in [0.15, 0.2) is 5.82 Å². The first-order valence-corrected chi connectivity index (χ1v) is 14.1. The van der Waals surface area contributed by atoms with Gasteiger partial charge in [0, 0.05) is 38.1 Å². The maximum Gasteiger partial charge on any atom is 0.161 e. The molecular formula is C38H22N4. The van der Waals surface area contributed by atoms with E-state index in [0.717, 1.165) is 82.5 Å². The molecule has 0 unspecified atom stereocenters. The predicted octanol–water partition coefficient (Wildman–Crippen LogP) is 8.11. The molecule has 0 saturated carbocycles. The molecule has 9 rings (SSSR count). The normalized spacial score (nSPS) is 12.2. The predicted molar refractivity (Wildman–Crippen MR) is 167 cm³/mol. The van der Waals surface area contributed by atoms with Crippen molar-refractivity contribution < 1.29 is 0 Å². The SMILES string of the molecule is c1ccc(-c2ccc3c(c2-c2nc(-c4ccccc4)c4ccccc4n2)-c2c4c(ccc2=N3)=c2ccccc2=N4)cc1. The first-order valence-electron chi connectivity index (χ1n) is 14.1. The molecule has 0 bridgehead atoms. The summed E-state index contributed by atoms with van der Waals surface area (Å²) < 4.78 is 0. The zero-order chi connectivity index (χ0) is 27.6. The first-order chi connectivity index (χ1) is 20.8. The maximum absolute atomic E-state index is 5.33. The van der Waals surface area contributed by atoms with E-state index in [-0.39, 0.29) is 0 Å². The van der Waals surface area contributed by atoms with Gasteiger partial charge in [0.2, 0.25) is 0 Å². The van der Waals surface area contributed by atoms with Crippen LogP contribution in [0.2, 0.25) is 0 Å². The van der Waals surface area contributed by atoms with Crippen molar-refractivity contribution in [2.75, 3.05) is 0 Å². The van der Waals surface area contributed by atoms with Crippen molar-refractivity contribution >= 4 is 22.3 Å². The Morgan fingerprint density at radius 2 is 1.17 bits per heavy atom. The van der Waals surface area contributed by atoms with Crippen molar-refractivity contribution in [2.24, 2.45) is 9.98 Å². The lowest BCUT2D eigenvalue weighted by Crippen LogP contribution is -2.03. The lowest BCUT2D eigenvalue weighted by Gasteiger charge is -2.17. The van der Waals surface area contributed by atoms with Gasteiger partial charge in [-0.15, -0.1) is 0 Å². The Hall–Kier alpha value is -5.74. The number of benzene rings is 6. The molecule has 4 nitrogen and oxygen atoms in total. The molecule has 0 radical (unpaired) electrons. The zero-order valence-corrected chi connectivity index (χ0v) is 22.5. The average molecular weight is 535 g/mol. The third-order valence-electron chi connectivity index (χ3n) is 8.22. The van der Waals surface area contributed by atoms with E-state index in [4.69, 9.17) is 20.0 Å². The second-order valence-corrected chi connectivity index (χ2v) is 10.6. The molecule has 6 aromatic carbocycles. The van der Waals surface area contributed by atoms with Crippen LogP contribution in [0.3, 0.4) is 0 Å².